The highest BCUT2D eigenvalue weighted by Crippen LogP contribution is 2.42. The lowest BCUT2D eigenvalue weighted by Gasteiger charge is -2.27. The number of benzene rings is 1. The van der Waals surface area contributed by atoms with Gasteiger partial charge in [-0.25, -0.2) is 0 Å². The van der Waals surface area contributed by atoms with Gasteiger partial charge >= 0.3 is 0 Å². The Bertz CT molecular complexity index is 507. The Hall–Kier alpha value is -1.56. The van der Waals surface area contributed by atoms with Gasteiger partial charge in [0.25, 0.3) is 0 Å². The van der Waals surface area contributed by atoms with E-state index in [2.05, 4.69) is 67.6 Å². The van der Waals surface area contributed by atoms with Gasteiger partial charge in [-0.1, -0.05) is 80.5 Å². The Morgan fingerprint density at radius 3 is 2.63 bits per heavy atom. The predicted molar refractivity (Wildman–Crippen MR) is 83.0 cm³/mol. The van der Waals surface area contributed by atoms with Crippen LogP contribution in [0.25, 0.3) is 6.08 Å². The molecular formula is C19H22. The third-order valence-electron chi connectivity index (χ3n) is 4.46. The molecule has 0 nitrogen and oxygen atoms in total. The molecule has 0 spiro atoms. The minimum absolute atomic E-state index is 0.597. The molecule has 2 aliphatic rings. The summed E-state index contributed by atoms with van der Waals surface area (Å²) in [6.45, 7) is 2.29. The topological polar surface area (TPSA) is 0 Å². The molecule has 3 rings (SSSR count). The molecule has 0 saturated carbocycles. The fourth-order valence-electron chi connectivity index (χ4n) is 3.44. The van der Waals surface area contributed by atoms with Gasteiger partial charge in [0, 0.05) is 5.92 Å². The average molecular weight is 250 g/mol. The lowest BCUT2D eigenvalue weighted by molar-refractivity contribution is 0.376. The zero-order valence-electron chi connectivity index (χ0n) is 11.6. The smallest absolute Gasteiger partial charge is 0.00641 e. The monoisotopic (exact) mass is 250 g/mol. The Balaban J connectivity index is 1.86. The molecule has 0 fully saturated rings. The van der Waals surface area contributed by atoms with Crippen LogP contribution in [0, 0.1) is 11.8 Å². The van der Waals surface area contributed by atoms with E-state index in [0.29, 0.717) is 11.8 Å². The molecule has 1 aromatic rings. The van der Waals surface area contributed by atoms with E-state index in [-0.39, 0.29) is 0 Å². The SMILES string of the molecule is CCCCC(C1C=CC=C1)C1C=Cc2ccccc21. The number of allylic oxidation sites excluding steroid dienone is 5. The second kappa shape index (κ2) is 5.61. The van der Waals surface area contributed by atoms with Crippen LogP contribution in [-0.2, 0) is 0 Å². The Morgan fingerprint density at radius 1 is 1.05 bits per heavy atom. The molecule has 0 amide bonds. The maximum atomic E-state index is 2.42. The first-order chi connectivity index (χ1) is 9.40. The van der Waals surface area contributed by atoms with Crippen molar-refractivity contribution in [3.8, 4) is 0 Å². The number of fused-ring (bicyclic) bond motifs is 1. The van der Waals surface area contributed by atoms with Gasteiger partial charge in [-0.2, -0.15) is 0 Å². The van der Waals surface area contributed by atoms with Crippen molar-refractivity contribution >= 4 is 6.08 Å². The lowest BCUT2D eigenvalue weighted by atomic mass is 9.76. The van der Waals surface area contributed by atoms with Crippen LogP contribution in [0.3, 0.4) is 0 Å². The second-order valence-electron chi connectivity index (χ2n) is 5.67. The van der Waals surface area contributed by atoms with Gasteiger partial charge in [0.1, 0.15) is 0 Å². The van der Waals surface area contributed by atoms with E-state index >= 15 is 0 Å². The van der Waals surface area contributed by atoms with E-state index in [9.17, 15) is 0 Å². The first-order valence-corrected chi connectivity index (χ1v) is 7.52. The van der Waals surface area contributed by atoms with Crippen LogP contribution < -0.4 is 0 Å². The van der Waals surface area contributed by atoms with Crippen molar-refractivity contribution in [1.82, 2.24) is 0 Å². The first-order valence-electron chi connectivity index (χ1n) is 7.52. The van der Waals surface area contributed by atoms with E-state index in [1.54, 1.807) is 0 Å². The molecule has 0 saturated heterocycles. The maximum Gasteiger partial charge on any atom is 0.00641 e. The predicted octanol–water partition coefficient (Wildman–Crippen LogP) is 5.35. The highest BCUT2D eigenvalue weighted by Gasteiger charge is 2.29. The molecule has 0 heteroatoms. The second-order valence-corrected chi connectivity index (χ2v) is 5.67. The lowest BCUT2D eigenvalue weighted by Crippen LogP contribution is -2.17. The molecule has 0 heterocycles. The van der Waals surface area contributed by atoms with Crippen LogP contribution in [0.1, 0.15) is 43.2 Å². The van der Waals surface area contributed by atoms with Crippen LogP contribution in [-0.4, -0.2) is 0 Å². The summed E-state index contributed by atoms with van der Waals surface area (Å²) in [6.07, 6.45) is 17.8. The summed E-state index contributed by atoms with van der Waals surface area (Å²) in [5.41, 5.74) is 2.94. The summed E-state index contributed by atoms with van der Waals surface area (Å²) < 4.78 is 0. The zero-order valence-corrected chi connectivity index (χ0v) is 11.6. The Morgan fingerprint density at radius 2 is 1.84 bits per heavy atom. The van der Waals surface area contributed by atoms with E-state index in [4.69, 9.17) is 0 Å². The van der Waals surface area contributed by atoms with E-state index in [1.165, 1.54) is 30.4 Å². The molecule has 0 aromatic heterocycles. The number of hydrogen-bond acceptors (Lipinski definition) is 0. The Kier molecular flexibility index (Phi) is 3.68. The quantitative estimate of drug-likeness (QED) is 0.661. The summed E-state index contributed by atoms with van der Waals surface area (Å²) >= 11 is 0. The first kappa shape index (κ1) is 12.5. The van der Waals surface area contributed by atoms with Crippen molar-refractivity contribution in [3.05, 3.63) is 65.8 Å². The molecule has 0 N–H and O–H groups in total. The normalized spacial score (nSPS) is 22.1. The van der Waals surface area contributed by atoms with Crippen molar-refractivity contribution in [2.24, 2.45) is 11.8 Å². The van der Waals surface area contributed by atoms with Crippen molar-refractivity contribution in [3.63, 3.8) is 0 Å². The molecular weight excluding hydrogens is 228 g/mol. The highest BCUT2D eigenvalue weighted by atomic mass is 14.3. The molecule has 2 aliphatic carbocycles. The standard InChI is InChI=1S/C19H22/c1-2-3-11-17(15-8-4-5-9-15)19-14-13-16-10-6-7-12-18(16)19/h4-10,12-15,17,19H,2-3,11H2,1H3. The van der Waals surface area contributed by atoms with Crippen molar-refractivity contribution < 1.29 is 0 Å². The number of unbranched alkanes of at least 4 members (excludes halogenated alkanes) is 1. The molecule has 2 atom stereocenters. The zero-order chi connectivity index (χ0) is 13.1. The van der Waals surface area contributed by atoms with Gasteiger partial charge < -0.3 is 0 Å². The molecule has 0 aliphatic heterocycles. The fraction of sp³-hybridized carbons (Fsp3) is 0.368. The summed E-state index contributed by atoms with van der Waals surface area (Å²) in [5, 5.41) is 0. The van der Waals surface area contributed by atoms with E-state index < -0.39 is 0 Å². The van der Waals surface area contributed by atoms with E-state index in [1.807, 2.05) is 0 Å². The third kappa shape index (κ3) is 2.45. The van der Waals surface area contributed by atoms with Crippen LogP contribution in [0.4, 0.5) is 0 Å². The average Bonchev–Trinajstić information content (AvgIpc) is 3.09. The Labute approximate surface area is 116 Å². The molecule has 1 aromatic carbocycles. The molecule has 0 radical (unpaired) electrons. The van der Waals surface area contributed by atoms with Crippen molar-refractivity contribution in [1.29, 1.82) is 0 Å². The van der Waals surface area contributed by atoms with Gasteiger partial charge in [0.2, 0.25) is 0 Å². The summed E-state index contributed by atoms with van der Waals surface area (Å²) in [5.74, 6) is 1.93. The minimum Gasteiger partial charge on any atom is -0.0773 e. The van der Waals surface area contributed by atoms with Crippen LogP contribution in [0.5, 0.6) is 0 Å². The van der Waals surface area contributed by atoms with Gasteiger partial charge in [-0.05, 0) is 29.4 Å². The molecule has 98 valence electrons. The summed E-state index contributed by atoms with van der Waals surface area (Å²) in [7, 11) is 0. The van der Waals surface area contributed by atoms with Crippen molar-refractivity contribution in [2.45, 2.75) is 32.1 Å². The van der Waals surface area contributed by atoms with Crippen LogP contribution in [0.2, 0.25) is 0 Å². The molecule has 19 heavy (non-hydrogen) atoms. The highest BCUT2D eigenvalue weighted by molar-refractivity contribution is 5.62. The third-order valence-corrected chi connectivity index (χ3v) is 4.46. The van der Waals surface area contributed by atoms with Gasteiger partial charge in [0.15, 0.2) is 0 Å². The van der Waals surface area contributed by atoms with Crippen molar-refractivity contribution in [2.75, 3.05) is 0 Å². The van der Waals surface area contributed by atoms with E-state index in [0.717, 1.165) is 5.92 Å². The number of rotatable bonds is 5. The minimum atomic E-state index is 0.597. The van der Waals surface area contributed by atoms with Crippen LogP contribution in [0.15, 0.2) is 54.6 Å². The molecule has 0 bridgehead atoms. The van der Waals surface area contributed by atoms with Gasteiger partial charge in [-0.3, -0.25) is 0 Å². The number of hydrogen-bond donors (Lipinski definition) is 0. The van der Waals surface area contributed by atoms with Gasteiger partial charge in [-0.15, -0.1) is 0 Å². The largest absolute Gasteiger partial charge is 0.0773 e. The summed E-state index contributed by atoms with van der Waals surface area (Å²) in [6, 6.07) is 8.86. The van der Waals surface area contributed by atoms with Gasteiger partial charge in [0.05, 0.1) is 0 Å². The summed E-state index contributed by atoms with van der Waals surface area (Å²) in [4.78, 5) is 0. The fourth-order valence-corrected chi connectivity index (χ4v) is 3.44. The maximum absolute atomic E-state index is 2.42. The van der Waals surface area contributed by atoms with Crippen LogP contribution >= 0.6 is 0 Å². The molecule has 2 unspecified atom stereocenters.